The van der Waals surface area contributed by atoms with Gasteiger partial charge in [0, 0.05) is 12.2 Å². The summed E-state index contributed by atoms with van der Waals surface area (Å²) in [7, 11) is 0. The van der Waals surface area contributed by atoms with Gasteiger partial charge in [-0.05, 0) is 44.0 Å². The van der Waals surface area contributed by atoms with Crippen LogP contribution in [0.2, 0.25) is 0 Å². The van der Waals surface area contributed by atoms with Crippen LogP contribution < -0.4 is 11.0 Å². The van der Waals surface area contributed by atoms with E-state index in [4.69, 9.17) is 0 Å². The van der Waals surface area contributed by atoms with Crippen LogP contribution in [0.3, 0.4) is 0 Å². The summed E-state index contributed by atoms with van der Waals surface area (Å²) in [5, 5.41) is 2.92. The van der Waals surface area contributed by atoms with E-state index in [0.717, 1.165) is 24.1 Å². The predicted molar refractivity (Wildman–Crippen MR) is 91.2 cm³/mol. The molecule has 1 fully saturated rings. The number of rotatable bonds is 4. The summed E-state index contributed by atoms with van der Waals surface area (Å²) in [5.74, 6) is -0.133. The van der Waals surface area contributed by atoms with E-state index in [9.17, 15) is 9.59 Å². The summed E-state index contributed by atoms with van der Waals surface area (Å²) in [6.45, 7) is 2.01. The number of aryl methyl sites for hydroxylation is 1. The molecule has 3 aromatic rings. The monoisotopic (exact) mass is 322 g/mol. The number of hydrogen-bond acceptors (Lipinski definition) is 3. The molecule has 2 heterocycles. The Morgan fingerprint density at radius 3 is 2.71 bits per heavy atom. The minimum absolute atomic E-state index is 0.0103. The molecular weight excluding hydrogens is 304 g/mol. The summed E-state index contributed by atoms with van der Waals surface area (Å²) in [6, 6.07) is 11.5. The molecule has 2 aromatic heterocycles. The van der Waals surface area contributed by atoms with Crippen LogP contribution in [0.5, 0.6) is 0 Å². The Morgan fingerprint density at radius 2 is 2.00 bits per heavy atom. The van der Waals surface area contributed by atoms with Crippen molar-refractivity contribution in [2.45, 2.75) is 32.4 Å². The largest absolute Gasteiger partial charge is 0.352 e. The van der Waals surface area contributed by atoms with Gasteiger partial charge in [0.15, 0.2) is 5.65 Å². The second kappa shape index (κ2) is 5.63. The molecule has 0 radical (unpaired) electrons. The Hall–Kier alpha value is -2.89. The van der Waals surface area contributed by atoms with E-state index >= 15 is 0 Å². The average molecular weight is 322 g/mol. The number of carbonyl (C=O) groups excluding carboxylic acids is 1. The zero-order chi connectivity index (χ0) is 16.7. The second-order valence-corrected chi connectivity index (χ2v) is 6.23. The van der Waals surface area contributed by atoms with Crippen LogP contribution in [0.15, 0.2) is 47.4 Å². The van der Waals surface area contributed by atoms with Crippen LogP contribution in [0.4, 0.5) is 0 Å². The molecule has 6 heteroatoms. The average Bonchev–Trinajstić information content (AvgIpc) is 3.34. The highest BCUT2D eigenvalue weighted by Crippen LogP contribution is 2.19. The topological polar surface area (TPSA) is 68.9 Å². The van der Waals surface area contributed by atoms with Gasteiger partial charge in [0.25, 0.3) is 0 Å². The Labute approximate surface area is 138 Å². The zero-order valence-corrected chi connectivity index (χ0v) is 13.4. The van der Waals surface area contributed by atoms with Crippen LogP contribution >= 0.6 is 0 Å². The lowest BCUT2D eigenvalue weighted by Gasteiger charge is -2.04. The Morgan fingerprint density at radius 1 is 1.25 bits per heavy atom. The standard InChI is InChI=1S/C18H18N4O2/c1-12-4-8-14(9-5-12)22-17-15(3-2-10-19-17)21(18(22)24)11-16(23)20-13-6-7-13/h2-5,8-10,13H,6-7,11H2,1H3,(H,20,23). The maximum atomic E-state index is 12.9. The number of hydrogen-bond donors (Lipinski definition) is 1. The van der Waals surface area contributed by atoms with E-state index in [2.05, 4.69) is 10.3 Å². The molecule has 0 saturated heterocycles. The van der Waals surface area contributed by atoms with E-state index in [1.807, 2.05) is 37.3 Å². The van der Waals surface area contributed by atoms with Crippen molar-refractivity contribution in [2.24, 2.45) is 0 Å². The minimum atomic E-state index is -0.251. The van der Waals surface area contributed by atoms with Crippen molar-refractivity contribution in [1.82, 2.24) is 19.4 Å². The fourth-order valence-electron chi connectivity index (χ4n) is 2.81. The van der Waals surface area contributed by atoms with Gasteiger partial charge >= 0.3 is 5.69 Å². The maximum absolute atomic E-state index is 12.9. The van der Waals surface area contributed by atoms with Gasteiger partial charge in [-0.2, -0.15) is 0 Å². The van der Waals surface area contributed by atoms with Crippen molar-refractivity contribution < 1.29 is 4.79 Å². The van der Waals surface area contributed by atoms with E-state index in [-0.39, 0.29) is 24.2 Å². The van der Waals surface area contributed by atoms with Crippen molar-refractivity contribution in [3.8, 4) is 5.69 Å². The molecule has 1 aromatic carbocycles. The number of nitrogens with zero attached hydrogens (tertiary/aromatic N) is 3. The van der Waals surface area contributed by atoms with Gasteiger partial charge in [0.05, 0.1) is 11.2 Å². The highest BCUT2D eigenvalue weighted by atomic mass is 16.2. The quantitative estimate of drug-likeness (QED) is 0.796. The third-order valence-electron chi connectivity index (χ3n) is 4.23. The molecule has 1 N–H and O–H groups in total. The molecule has 0 bridgehead atoms. The van der Waals surface area contributed by atoms with E-state index in [0.29, 0.717) is 11.2 Å². The first-order chi connectivity index (χ1) is 11.6. The third kappa shape index (κ3) is 2.60. The van der Waals surface area contributed by atoms with Gasteiger partial charge in [-0.15, -0.1) is 0 Å². The zero-order valence-electron chi connectivity index (χ0n) is 13.4. The molecule has 24 heavy (non-hydrogen) atoms. The first-order valence-electron chi connectivity index (χ1n) is 8.06. The molecule has 0 spiro atoms. The highest BCUT2D eigenvalue weighted by Gasteiger charge is 2.24. The molecule has 6 nitrogen and oxygen atoms in total. The smallest absolute Gasteiger partial charge is 0.335 e. The van der Waals surface area contributed by atoms with E-state index in [1.165, 1.54) is 4.57 Å². The van der Waals surface area contributed by atoms with Gasteiger partial charge in [-0.25, -0.2) is 14.3 Å². The maximum Gasteiger partial charge on any atom is 0.335 e. The lowest BCUT2D eigenvalue weighted by atomic mass is 10.2. The normalized spacial score (nSPS) is 14.0. The fraction of sp³-hybridized carbons (Fsp3) is 0.278. The van der Waals surface area contributed by atoms with Crippen LogP contribution in [0, 0.1) is 6.92 Å². The molecule has 0 aliphatic heterocycles. The Kier molecular flexibility index (Phi) is 3.45. The predicted octanol–water partition coefficient (Wildman–Crippen LogP) is 1.77. The van der Waals surface area contributed by atoms with Crippen LogP contribution in [-0.4, -0.2) is 26.1 Å². The van der Waals surface area contributed by atoms with Crippen molar-refractivity contribution in [2.75, 3.05) is 0 Å². The number of carbonyl (C=O) groups is 1. The van der Waals surface area contributed by atoms with Crippen LogP contribution in [0.25, 0.3) is 16.9 Å². The number of imidazole rings is 1. The second-order valence-electron chi connectivity index (χ2n) is 6.23. The van der Waals surface area contributed by atoms with E-state index in [1.54, 1.807) is 16.8 Å². The molecule has 0 unspecified atom stereocenters. The lowest BCUT2D eigenvalue weighted by Crippen LogP contribution is -2.33. The van der Waals surface area contributed by atoms with E-state index < -0.39 is 0 Å². The van der Waals surface area contributed by atoms with Crippen LogP contribution in [0.1, 0.15) is 18.4 Å². The number of aromatic nitrogens is 3. The third-order valence-corrected chi connectivity index (χ3v) is 4.23. The van der Waals surface area contributed by atoms with Crippen molar-refractivity contribution in [1.29, 1.82) is 0 Å². The summed E-state index contributed by atoms with van der Waals surface area (Å²) < 4.78 is 3.04. The summed E-state index contributed by atoms with van der Waals surface area (Å²) in [5.41, 5.74) is 2.83. The molecule has 4 rings (SSSR count). The summed E-state index contributed by atoms with van der Waals surface area (Å²) in [4.78, 5) is 29.4. The van der Waals surface area contributed by atoms with Gasteiger partial charge in [0.2, 0.25) is 5.91 Å². The van der Waals surface area contributed by atoms with Gasteiger partial charge in [-0.3, -0.25) is 9.36 Å². The van der Waals surface area contributed by atoms with Gasteiger partial charge in [-0.1, -0.05) is 17.7 Å². The number of pyridine rings is 1. The SMILES string of the molecule is Cc1ccc(-n2c(=O)n(CC(=O)NC3CC3)c3cccnc32)cc1. The first-order valence-corrected chi connectivity index (χ1v) is 8.06. The van der Waals surface area contributed by atoms with Crippen molar-refractivity contribution in [3.63, 3.8) is 0 Å². The number of benzene rings is 1. The molecule has 1 saturated carbocycles. The van der Waals surface area contributed by atoms with Crippen molar-refractivity contribution >= 4 is 17.1 Å². The van der Waals surface area contributed by atoms with Crippen molar-refractivity contribution in [3.05, 3.63) is 58.6 Å². The first kappa shape index (κ1) is 14.7. The Balaban J connectivity index is 1.82. The van der Waals surface area contributed by atoms with Crippen LogP contribution in [-0.2, 0) is 11.3 Å². The number of amides is 1. The Bertz CT molecular complexity index is 965. The number of fused-ring (bicyclic) bond motifs is 1. The molecule has 0 atom stereocenters. The van der Waals surface area contributed by atoms with Gasteiger partial charge in [0.1, 0.15) is 6.54 Å². The van der Waals surface area contributed by atoms with Gasteiger partial charge < -0.3 is 5.32 Å². The summed E-state index contributed by atoms with van der Waals surface area (Å²) >= 11 is 0. The lowest BCUT2D eigenvalue weighted by molar-refractivity contribution is -0.121. The molecular formula is C18H18N4O2. The molecule has 1 aliphatic carbocycles. The fourth-order valence-corrected chi connectivity index (χ4v) is 2.81. The molecule has 1 aliphatic rings. The minimum Gasteiger partial charge on any atom is -0.352 e. The number of nitrogens with one attached hydrogen (secondary N) is 1. The molecule has 1 amide bonds. The highest BCUT2D eigenvalue weighted by molar-refractivity contribution is 5.80. The summed E-state index contributed by atoms with van der Waals surface area (Å²) in [6.07, 6.45) is 3.70. The molecule has 122 valence electrons.